The van der Waals surface area contributed by atoms with Crippen LogP contribution in [0.15, 0.2) is 47.6 Å². The van der Waals surface area contributed by atoms with E-state index in [0.29, 0.717) is 0 Å². The molecule has 0 saturated carbocycles. The van der Waals surface area contributed by atoms with Crippen LogP contribution in [0.1, 0.15) is 11.1 Å². The van der Waals surface area contributed by atoms with E-state index in [9.17, 15) is 5.11 Å². The van der Waals surface area contributed by atoms with Crippen molar-refractivity contribution in [3.05, 3.63) is 53.6 Å². The summed E-state index contributed by atoms with van der Waals surface area (Å²) in [7, 11) is 0. The highest BCUT2D eigenvalue weighted by atomic mass is 16.3. The number of phenols is 1. The van der Waals surface area contributed by atoms with Gasteiger partial charge in [-0.2, -0.15) is 5.10 Å². The molecular formula is C13H10N2O. The number of rotatable bonds is 0. The number of phenolic OH excluding ortho intramolecular Hbond substituents is 1. The minimum absolute atomic E-state index is 0.267. The van der Waals surface area contributed by atoms with Crippen molar-refractivity contribution >= 4 is 5.71 Å². The van der Waals surface area contributed by atoms with Crippen molar-refractivity contribution in [1.29, 1.82) is 0 Å². The zero-order valence-electron chi connectivity index (χ0n) is 8.51. The first-order valence-electron chi connectivity index (χ1n) is 5.03. The SMILES string of the molecule is NN=C1c2ccccc2-c2c(O)cccc21. The topological polar surface area (TPSA) is 58.6 Å². The van der Waals surface area contributed by atoms with Gasteiger partial charge in [0.2, 0.25) is 0 Å². The largest absolute Gasteiger partial charge is 0.507 e. The van der Waals surface area contributed by atoms with E-state index in [1.807, 2.05) is 30.3 Å². The second-order valence-corrected chi connectivity index (χ2v) is 3.72. The first-order valence-corrected chi connectivity index (χ1v) is 5.03. The van der Waals surface area contributed by atoms with Gasteiger partial charge in [0.15, 0.2) is 0 Å². The molecule has 16 heavy (non-hydrogen) atoms. The predicted molar refractivity (Wildman–Crippen MR) is 63.4 cm³/mol. The third-order valence-corrected chi connectivity index (χ3v) is 2.88. The molecule has 0 amide bonds. The molecule has 0 heterocycles. The summed E-state index contributed by atoms with van der Waals surface area (Å²) < 4.78 is 0. The predicted octanol–water partition coefficient (Wildman–Crippen LogP) is 2.08. The summed E-state index contributed by atoms with van der Waals surface area (Å²) in [4.78, 5) is 0. The highest BCUT2D eigenvalue weighted by Crippen LogP contribution is 2.41. The molecule has 0 fully saturated rings. The molecule has 0 aliphatic heterocycles. The van der Waals surface area contributed by atoms with Crippen LogP contribution in [-0.2, 0) is 0 Å². The molecule has 3 N–H and O–H groups in total. The van der Waals surface area contributed by atoms with E-state index in [0.717, 1.165) is 28.0 Å². The van der Waals surface area contributed by atoms with E-state index in [1.54, 1.807) is 12.1 Å². The minimum Gasteiger partial charge on any atom is -0.507 e. The molecule has 3 nitrogen and oxygen atoms in total. The Morgan fingerprint density at radius 3 is 2.31 bits per heavy atom. The van der Waals surface area contributed by atoms with Crippen molar-refractivity contribution in [2.75, 3.05) is 0 Å². The van der Waals surface area contributed by atoms with Gasteiger partial charge in [0.05, 0.1) is 5.71 Å². The number of fused-ring (bicyclic) bond motifs is 3. The Hall–Kier alpha value is -2.29. The van der Waals surface area contributed by atoms with Crippen LogP contribution in [-0.4, -0.2) is 10.8 Å². The molecule has 0 radical (unpaired) electrons. The van der Waals surface area contributed by atoms with Gasteiger partial charge in [-0.1, -0.05) is 36.4 Å². The average molecular weight is 210 g/mol. The lowest BCUT2D eigenvalue weighted by atomic mass is 10.1. The number of benzene rings is 2. The molecule has 0 aromatic heterocycles. The minimum atomic E-state index is 0.267. The van der Waals surface area contributed by atoms with E-state index in [-0.39, 0.29) is 5.75 Å². The standard InChI is InChI=1S/C13H10N2O/c14-15-13-9-5-2-1-4-8(9)12-10(13)6-3-7-11(12)16/h1-7,16H,14H2. The van der Waals surface area contributed by atoms with Crippen LogP contribution in [0.3, 0.4) is 0 Å². The Morgan fingerprint density at radius 1 is 0.875 bits per heavy atom. The zero-order chi connectivity index (χ0) is 11.1. The first-order chi connectivity index (χ1) is 7.83. The van der Waals surface area contributed by atoms with Crippen molar-refractivity contribution in [3.8, 4) is 16.9 Å². The summed E-state index contributed by atoms with van der Waals surface area (Å²) in [5.74, 6) is 5.69. The van der Waals surface area contributed by atoms with Crippen molar-refractivity contribution in [2.45, 2.75) is 0 Å². The number of hydrogen-bond donors (Lipinski definition) is 2. The summed E-state index contributed by atoms with van der Waals surface area (Å²) in [5.41, 5.74) is 4.41. The maximum Gasteiger partial charge on any atom is 0.124 e. The summed E-state index contributed by atoms with van der Waals surface area (Å²) in [5, 5.41) is 13.7. The van der Waals surface area contributed by atoms with Gasteiger partial charge >= 0.3 is 0 Å². The molecule has 0 atom stereocenters. The Kier molecular flexibility index (Phi) is 1.74. The quantitative estimate of drug-likeness (QED) is 0.441. The molecule has 2 aromatic rings. The zero-order valence-corrected chi connectivity index (χ0v) is 8.51. The van der Waals surface area contributed by atoms with Crippen molar-refractivity contribution in [3.63, 3.8) is 0 Å². The van der Waals surface area contributed by atoms with Gasteiger partial charge in [-0.05, 0) is 11.6 Å². The van der Waals surface area contributed by atoms with Crippen LogP contribution < -0.4 is 5.84 Å². The van der Waals surface area contributed by atoms with Crippen LogP contribution in [0.5, 0.6) is 5.75 Å². The molecule has 78 valence electrons. The molecule has 0 bridgehead atoms. The van der Waals surface area contributed by atoms with E-state index >= 15 is 0 Å². The van der Waals surface area contributed by atoms with Crippen LogP contribution >= 0.6 is 0 Å². The average Bonchev–Trinajstić information content (AvgIpc) is 2.64. The summed E-state index contributed by atoms with van der Waals surface area (Å²) in [6.45, 7) is 0. The van der Waals surface area contributed by atoms with Gasteiger partial charge in [-0.3, -0.25) is 0 Å². The number of hydrogen-bond acceptors (Lipinski definition) is 3. The van der Waals surface area contributed by atoms with E-state index < -0.39 is 0 Å². The summed E-state index contributed by atoms with van der Waals surface area (Å²) in [6.07, 6.45) is 0. The maximum absolute atomic E-state index is 9.90. The lowest BCUT2D eigenvalue weighted by molar-refractivity contribution is 0.477. The monoisotopic (exact) mass is 210 g/mol. The third-order valence-electron chi connectivity index (χ3n) is 2.88. The summed E-state index contributed by atoms with van der Waals surface area (Å²) >= 11 is 0. The molecule has 1 aliphatic rings. The Bertz CT molecular complexity index is 603. The summed E-state index contributed by atoms with van der Waals surface area (Å²) in [6, 6.07) is 13.2. The molecule has 0 saturated heterocycles. The van der Waals surface area contributed by atoms with Crippen molar-refractivity contribution < 1.29 is 5.11 Å². The highest BCUT2D eigenvalue weighted by molar-refractivity contribution is 6.25. The van der Waals surface area contributed by atoms with Crippen LogP contribution in [0.4, 0.5) is 0 Å². The number of nitrogens with two attached hydrogens (primary N) is 1. The smallest absolute Gasteiger partial charge is 0.124 e. The first kappa shape index (κ1) is 8.97. The molecule has 2 aromatic carbocycles. The van der Waals surface area contributed by atoms with Crippen LogP contribution in [0.25, 0.3) is 11.1 Å². The van der Waals surface area contributed by atoms with Gasteiger partial charge in [0.25, 0.3) is 0 Å². The lowest BCUT2D eigenvalue weighted by Crippen LogP contribution is -2.01. The Labute approximate surface area is 92.8 Å². The van der Waals surface area contributed by atoms with Gasteiger partial charge in [-0.15, -0.1) is 0 Å². The third kappa shape index (κ3) is 0.997. The maximum atomic E-state index is 9.90. The molecule has 3 rings (SSSR count). The Balaban J connectivity index is 2.45. The van der Waals surface area contributed by atoms with Crippen molar-refractivity contribution in [1.82, 2.24) is 0 Å². The molecule has 3 heteroatoms. The number of hydrazone groups is 1. The number of aromatic hydroxyl groups is 1. The molecule has 0 spiro atoms. The van der Waals surface area contributed by atoms with Gasteiger partial charge in [0.1, 0.15) is 5.75 Å². The second-order valence-electron chi connectivity index (χ2n) is 3.72. The fourth-order valence-electron chi connectivity index (χ4n) is 2.21. The van der Waals surface area contributed by atoms with E-state index in [4.69, 9.17) is 5.84 Å². The van der Waals surface area contributed by atoms with Crippen LogP contribution in [0, 0.1) is 0 Å². The van der Waals surface area contributed by atoms with Gasteiger partial charge < -0.3 is 10.9 Å². The Morgan fingerprint density at radius 2 is 1.56 bits per heavy atom. The molecule has 1 aliphatic carbocycles. The van der Waals surface area contributed by atoms with Crippen LogP contribution in [0.2, 0.25) is 0 Å². The van der Waals surface area contributed by atoms with Gasteiger partial charge in [0, 0.05) is 16.7 Å². The highest BCUT2D eigenvalue weighted by Gasteiger charge is 2.26. The molecule has 0 unspecified atom stereocenters. The fourth-order valence-corrected chi connectivity index (χ4v) is 2.21. The van der Waals surface area contributed by atoms with E-state index in [1.165, 1.54) is 0 Å². The van der Waals surface area contributed by atoms with Gasteiger partial charge in [-0.25, -0.2) is 0 Å². The second kappa shape index (κ2) is 3.10. The lowest BCUT2D eigenvalue weighted by Gasteiger charge is -2.01. The molecular weight excluding hydrogens is 200 g/mol. The van der Waals surface area contributed by atoms with E-state index in [2.05, 4.69) is 5.10 Å². The fraction of sp³-hybridized carbons (Fsp3) is 0. The number of nitrogens with zero attached hydrogens (tertiary/aromatic N) is 1. The normalized spacial score (nSPS) is 14.9. The van der Waals surface area contributed by atoms with Crippen molar-refractivity contribution in [2.24, 2.45) is 10.9 Å².